The van der Waals surface area contributed by atoms with Crippen LogP contribution in [0.25, 0.3) is 0 Å². The van der Waals surface area contributed by atoms with Crippen LogP contribution in [0.2, 0.25) is 0 Å². The van der Waals surface area contributed by atoms with Gasteiger partial charge in [-0.05, 0) is 0 Å². The predicted octanol–water partition coefficient (Wildman–Crippen LogP) is 0.379. The summed E-state index contributed by atoms with van der Waals surface area (Å²) in [6.07, 6.45) is 0.0825. The average Bonchev–Trinajstić information content (AvgIpc) is 1.98. The van der Waals surface area contributed by atoms with Gasteiger partial charge in [-0.1, -0.05) is 6.92 Å². The second kappa shape index (κ2) is 5.23. The highest BCUT2D eigenvalue weighted by Crippen LogP contribution is 2.04. The monoisotopic (exact) mass is 189 g/mol. The van der Waals surface area contributed by atoms with E-state index in [1.807, 2.05) is 0 Å². The van der Waals surface area contributed by atoms with Crippen molar-refractivity contribution in [1.82, 2.24) is 0 Å². The van der Waals surface area contributed by atoms with Crippen LogP contribution in [-0.4, -0.2) is 23.4 Å². The van der Waals surface area contributed by atoms with Gasteiger partial charge in [0, 0.05) is 18.3 Å². The van der Waals surface area contributed by atoms with Gasteiger partial charge in [0.1, 0.15) is 0 Å². The first kappa shape index (κ1) is 11.5. The molecule has 0 aromatic rings. The zero-order valence-corrected chi connectivity index (χ0v) is 7.48. The summed E-state index contributed by atoms with van der Waals surface area (Å²) in [6.45, 7) is 2.29. The SMILES string of the molecule is CC(=O)OC(=O)C(C)CC[N+](=O)[O-]. The molecule has 0 saturated heterocycles. The van der Waals surface area contributed by atoms with E-state index in [1.165, 1.54) is 6.92 Å². The van der Waals surface area contributed by atoms with Crippen molar-refractivity contribution in [2.75, 3.05) is 6.54 Å². The van der Waals surface area contributed by atoms with E-state index in [4.69, 9.17) is 0 Å². The predicted molar refractivity (Wildman–Crippen MR) is 42.4 cm³/mol. The Hall–Kier alpha value is -1.46. The lowest BCUT2D eigenvalue weighted by molar-refractivity contribution is -0.481. The van der Waals surface area contributed by atoms with Crippen LogP contribution in [0.5, 0.6) is 0 Å². The molecule has 0 amide bonds. The Bertz CT molecular complexity index is 225. The first-order chi connectivity index (χ1) is 5.93. The second-order valence-electron chi connectivity index (χ2n) is 2.66. The molecule has 0 heterocycles. The Kier molecular flexibility index (Phi) is 4.64. The minimum absolute atomic E-state index is 0.0825. The highest BCUT2D eigenvalue weighted by Gasteiger charge is 2.18. The van der Waals surface area contributed by atoms with Crippen LogP contribution < -0.4 is 0 Å². The maximum Gasteiger partial charge on any atom is 0.316 e. The van der Waals surface area contributed by atoms with Gasteiger partial charge in [-0.15, -0.1) is 0 Å². The van der Waals surface area contributed by atoms with Gasteiger partial charge >= 0.3 is 11.9 Å². The number of carbonyl (C=O) groups is 2. The topological polar surface area (TPSA) is 86.5 Å². The van der Waals surface area contributed by atoms with E-state index in [0.29, 0.717) is 0 Å². The molecule has 0 radical (unpaired) electrons. The zero-order valence-electron chi connectivity index (χ0n) is 7.48. The number of rotatable bonds is 4. The lowest BCUT2D eigenvalue weighted by Gasteiger charge is -2.05. The van der Waals surface area contributed by atoms with Gasteiger partial charge in [0.2, 0.25) is 6.54 Å². The number of hydrogen-bond acceptors (Lipinski definition) is 5. The van der Waals surface area contributed by atoms with Gasteiger partial charge in [-0.25, -0.2) is 0 Å². The van der Waals surface area contributed by atoms with E-state index in [9.17, 15) is 19.7 Å². The maximum absolute atomic E-state index is 10.9. The van der Waals surface area contributed by atoms with E-state index in [-0.39, 0.29) is 13.0 Å². The molecule has 0 rings (SSSR count). The minimum Gasteiger partial charge on any atom is -0.393 e. The molecule has 0 bridgehead atoms. The third-order valence-electron chi connectivity index (χ3n) is 1.39. The number of hydrogen-bond donors (Lipinski definition) is 0. The zero-order chi connectivity index (χ0) is 10.4. The summed E-state index contributed by atoms with van der Waals surface area (Å²) in [6, 6.07) is 0. The first-order valence-corrected chi connectivity index (χ1v) is 3.77. The molecule has 74 valence electrons. The molecule has 0 aliphatic carbocycles. The Morgan fingerprint density at radius 2 is 2.08 bits per heavy atom. The summed E-state index contributed by atoms with van der Waals surface area (Å²) in [7, 11) is 0. The van der Waals surface area contributed by atoms with Gasteiger partial charge in [-0.3, -0.25) is 19.7 Å². The molecule has 6 heteroatoms. The normalized spacial score (nSPS) is 11.8. The Morgan fingerprint density at radius 1 is 1.54 bits per heavy atom. The molecule has 1 atom stereocenters. The van der Waals surface area contributed by atoms with Crippen molar-refractivity contribution in [3.8, 4) is 0 Å². The average molecular weight is 189 g/mol. The van der Waals surface area contributed by atoms with Crippen LogP contribution in [0.1, 0.15) is 20.3 Å². The van der Waals surface area contributed by atoms with Crippen LogP contribution in [0.4, 0.5) is 0 Å². The van der Waals surface area contributed by atoms with Crippen molar-refractivity contribution in [1.29, 1.82) is 0 Å². The fraction of sp³-hybridized carbons (Fsp3) is 0.714. The van der Waals surface area contributed by atoms with Crippen LogP contribution in [0.3, 0.4) is 0 Å². The third-order valence-corrected chi connectivity index (χ3v) is 1.39. The quantitative estimate of drug-likeness (QED) is 0.276. The molecule has 13 heavy (non-hydrogen) atoms. The first-order valence-electron chi connectivity index (χ1n) is 3.77. The fourth-order valence-electron chi connectivity index (χ4n) is 0.659. The van der Waals surface area contributed by atoms with Crippen molar-refractivity contribution in [2.24, 2.45) is 5.92 Å². The van der Waals surface area contributed by atoms with Crippen LogP contribution in [0, 0.1) is 16.0 Å². The molecule has 0 aliphatic rings. The summed E-state index contributed by atoms with van der Waals surface area (Å²) < 4.78 is 4.24. The number of nitro groups is 1. The highest BCUT2D eigenvalue weighted by molar-refractivity contribution is 5.85. The Balaban J connectivity index is 3.82. The summed E-state index contributed by atoms with van der Waals surface area (Å²) in [4.78, 5) is 30.6. The van der Waals surface area contributed by atoms with E-state index in [0.717, 1.165) is 6.92 Å². The van der Waals surface area contributed by atoms with E-state index in [1.54, 1.807) is 0 Å². The number of nitrogens with zero attached hydrogens (tertiary/aromatic N) is 1. The van der Waals surface area contributed by atoms with Crippen molar-refractivity contribution >= 4 is 11.9 Å². The van der Waals surface area contributed by atoms with Crippen LogP contribution >= 0.6 is 0 Å². The summed E-state index contributed by atoms with van der Waals surface area (Å²) >= 11 is 0. The maximum atomic E-state index is 10.9. The minimum atomic E-state index is -0.714. The van der Waals surface area contributed by atoms with Crippen molar-refractivity contribution in [2.45, 2.75) is 20.3 Å². The van der Waals surface area contributed by atoms with Gasteiger partial charge in [0.15, 0.2) is 0 Å². The van der Waals surface area contributed by atoms with Crippen molar-refractivity contribution in [3.05, 3.63) is 10.1 Å². The Morgan fingerprint density at radius 3 is 2.46 bits per heavy atom. The largest absolute Gasteiger partial charge is 0.393 e. The molecule has 1 unspecified atom stereocenters. The van der Waals surface area contributed by atoms with Crippen molar-refractivity contribution in [3.63, 3.8) is 0 Å². The van der Waals surface area contributed by atoms with E-state index >= 15 is 0 Å². The van der Waals surface area contributed by atoms with Gasteiger partial charge in [0.25, 0.3) is 0 Å². The van der Waals surface area contributed by atoms with Gasteiger partial charge < -0.3 is 4.74 Å². The third kappa shape index (κ3) is 5.77. The molecule has 0 fully saturated rings. The van der Waals surface area contributed by atoms with Gasteiger partial charge in [-0.2, -0.15) is 0 Å². The fourth-order valence-corrected chi connectivity index (χ4v) is 0.659. The van der Waals surface area contributed by atoms with Crippen molar-refractivity contribution < 1.29 is 19.2 Å². The Labute approximate surface area is 75.0 Å². The van der Waals surface area contributed by atoms with Crippen LogP contribution in [-0.2, 0) is 14.3 Å². The summed E-state index contributed by atoms with van der Waals surface area (Å²) in [5, 5.41) is 9.94. The number of ether oxygens (including phenoxy) is 1. The summed E-state index contributed by atoms with van der Waals surface area (Å²) in [5.41, 5.74) is 0. The molecule has 0 aromatic carbocycles. The second-order valence-corrected chi connectivity index (χ2v) is 2.66. The van der Waals surface area contributed by atoms with Crippen LogP contribution in [0.15, 0.2) is 0 Å². The molecule has 0 spiro atoms. The molecule has 0 aromatic heterocycles. The molecule has 0 N–H and O–H groups in total. The molecule has 0 aliphatic heterocycles. The standard InChI is InChI=1S/C7H11NO5/c1-5(3-4-8(11)12)7(10)13-6(2)9/h5H,3-4H2,1-2H3. The van der Waals surface area contributed by atoms with Gasteiger partial charge in [0.05, 0.1) is 5.92 Å². The number of esters is 2. The smallest absolute Gasteiger partial charge is 0.316 e. The van der Waals surface area contributed by atoms with E-state index in [2.05, 4.69) is 4.74 Å². The van der Waals surface area contributed by atoms with E-state index < -0.39 is 22.8 Å². The molecule has 6 nitrogen and oxygen atoms in total. The molecular weight excluding hydrogens is 178 g/mol. The summed E-state index contributed by atoms with van der Waals surface area (Å²) in [5.74, 6) is -2.03. The number of carbonyl (C=O) groups excluding carboxylic acids is 2. The lowest BCUT2D eigenvalue weighted by Crippen LogP contribution is -2.20. The molecule has 0 saturated carbocycles. The highest BCUT2D eigenvalue weighted by atomic mass is 16.6. The molecular formula is C7H11NO5. The lowest BCUT2D eigenvalue weighted by atomic mass is 10.1.